The van der Waals surface area contributed by atoms with E-state index in [9.17, 15) is 26.0 Å². The van der Waals surface area contributed by atoms with E-state index >= 15 is 0 Å². The summed E-state index contributed by atoms with van der Waals surface area (Å²) in [7, 11) is -4.72. The predicted molar refractivity (Wildman–Crippen MR) is 115 cm³/mol. The number of nitrogens with one attached hydrogen (secondary N) is 2. The molecule has 0 amide bonds. The molecule has 0 bridgehead atoms. The van der Waals surface area contributed by atoms with E-state index in [-0.39, 0.29) is 12.2 Å². The third-order valence-electron chi connectivity index (χ3n) is 5.25. The molecule has 11 heteroatoms. The Morgan fingerprint density at radius 2 is 1.64 bits per heavy atom. The summed E-state index contributed by atoms with van der Waals surface area (Å²) in [6.07, 6.45) is 1.08. The van der Waals surface area contributed by atoms with Crippen LogP contribution in [0.2, 0.25) is 0 Å². The van der Waals surface area contributed by atoms with Crippen molar-refractivity contribution in [1.82, 2.24) is 9.88 Å². The molecule has 1 fully saturated rings. The Balaban J connectivity index is 1.53. The molecule has 33 heavy (non-hydrogen) atoms. The first-order valence-electron chi connectivity index (χ1n) is 10.1. The van der Waals surface area contributed by atoms with Crippen LogP contribution in [0.15, 0.2) is 53.4 Å². The van der Waals surface area contributed by atoms with Crippen LogP contribution >= 0.6 is 0 Å². The van der Waals surface area contributed by atoms with Gasteiger partial charge in [0.15, 0.2) is 4.90 Å². The van der Waals surface area contributed by atoms with E-state index in [2.05, 4.69) is 15.2 Å². The number of sulfonamides is 1. The largest absolute Gasteiger partial charge is 0.381 e. The molecule has 2 N–H and O–H groups in total. The summed E-state index contributed by atoms with van der Waals surface area (Å²) in [6.45, 7) is 2.37. The molecule has 0 saturated carbocycles. The molecule has 2 heterocycles. The van der Waals surface area contributed by atoms with Crippen LogP contribution < -0.4 is 10.0 Å². The van der Waals surface area contributed by atoms with Crippen LogP contribution in [0, 0.1) is 23.4 Å². The van der Waals surface area contributed by atoms with E-state index in [0.717, 1.165) is 49.3 Å². The van der Waals surface area contributed by atoms with Crippen molar-refractivity contribution in [3.63, 3.8) is 0 Å². The molecule has 0 unspecified atom stereocenters. The Morgan fingerprint density at radius 1 is 0.939 bits per heavy atom. The van der Waals surface area contributed by atoms with E-state index < -0.39 is 44.1 Å². The summed E-state index contributed by atoms with van der Waals surface area (Å²) in [5.41, 5.74) is 1.06. The smallest absolute Gasteiger partial charge is 0.268 e. The molecular formula is C22H20F4N4O2S. The zero-order chi connectivity index (χ0) is 23.6. The molecule has 0 aliphatic carbocycles. The summed E-state index contributed by atoms with van der Waals surface area (Å²) >= 11 is 0. The van der Waals surface area contributed by atoms with Gasteiger partial charge in [0.1, 0.15) is 23.3 Å². The van der Waals surface area contributed by atoms with Gasteiger partial charge in [-0.2, -0.15) is 4.39 Å². The SMILES string of the molecule is O=S(=O)(Nc1cccc(F)n1)c1c(F)cc(NCc2c(F)cccc2CN2CCC2)cc1F. The van der Waals surface area contributed by atoms with Crippen LogP contribution in [0.5, 0.6) is 0 Å². The summed E-state index contributed by atoms with van der Waals surface area (Å²) in [6, 6.07) is 9.62. The van der Waals surface area contributed by atoms with Gasteiger partial charge >= 0.3 is 0 Å². The van der Waals surface area contributed by atoms with Gasteiger partial charge in [-0.05, 0) is 55.4 Å². The van der Waals surface area contributed by atoms with Crippen LogP contribution in [0.1, 0.15) is 17.5 Å². The maximum Gasteiger partial charge on any atom is 0.268 e. The van der Waals surface area contributed by atoms with Gasteiger partial charge in [-0.25, -0.2) is 26.6 Å². The third kappa shape index (κ3) is 5.25. The summed E-state index contributed by atoms with van der Waals surface area (Å²) in [4.78, 5) is 4.24. The molecule has 1 aromatic heterocycles. The second-order valence-electron chi connectivity index (χ2n) is 7.58. The van der Waals surface area contributed by atoms with Crippen LogP contribution in [-0.4, -0.2) is 31.4 Å². The maximum absolute atomic E-state index is 14.6. The van der Waals surface area contributed by atoms with Gasteiger partial charge in [-0.3, -0.25) is 9.62 Å². The highest BCUT2D eigenvalue weighted by molar-refractivity contribution is 7.92. The zero-order valence-corrected chi connectivity index (χ0v) is 18.1. The fraction of sp³-hybridized carbons (Fsp3) is 0.227. The van der Waals surface area contributed by atoms with Gasteiger partial charge in [-0.15, -0.1) is 0 Å². The number of pyridine rings is 1. The monoisotopic (exact) mass is 480 g/mol. The number of anilines is 2. The van der Waals surface area contributed by atoms with E-state index in [1.807, 2.05) is 4.72 Å². The first-order chi connectivity index (χ1) is 15.7. The lowest BCUT2D eigenvalue weighted by molar-refractivity contribution is 0.172. The van der Waals surface area contributed by atoms with Crippen molar-refractivity contribution in [2.75, 3.05) is 23.1 Å². The van der Waals surface area contributed by atoms with Crippen molar-refractivity contribution in [3.8, 4) is 0 Å². The number of nitrogens with zero attached hydrogens (tertiary/aromatic N) is 2. The lowest BCUT2D eigenvalue weighted by Gasteiger charge is -2.31. The van der Waals surface area contributed by atoms with E-state index in [4.69, 9.17) is 0 Å². The number of likely N-dealkylation sites (tertiary alicyclic amines) is 1. The minimum Gasteiger partial charge on any atom is -0.381 e. The summed E-state index contributed by atoms with van der Waals surface area (Å²) in [5.74, 6) is -4.57. The Kier molecular flexibility index (Phi) is 6.52. The molecule has 0 atom stereocenters. The second kappa shape index (κ2) is 9.36. The highest BCUT2D eigenvalue weighted by Gasteiger charge is 2.26. The molecule has 2 aromatic carbocycles. The number of hydrogen-bond donors (Lipinski definition) is 2. The zero-order valence-electron chi connectivity index (χ0n) is 17.3. The van der Waals surface area contributed by atoms with E-state index in [0.29, 0.717) is 12.1 Å². The number of hydrogen-bond acceptors (Lipinski definition) is 5. The fourth-order valence-electron chi connectivity index (χ4n) is 3.49. The summed E-state index contributed by atoms with van der Waals surface area (Å²) < 4.78 is 83.6. The van der Waals surface area contributed by atoms with Gasteiger partial charge < -0.3 is 5.32 Å². The van der Waals surface area contributed by atoms with Crippen molar-refractivity contribution in [3.05, 3.63) is 83.1 Å². The molecule has 174 valence electrons. The molecule has 1 saturated heterocycles. The molecule has 1 aliphatic rings. The normalized spacial score (nSPS) is 14.1. The van der Waals surface area contributed by atoms with E-state index in [1.54, 1.807) is 12.1 Å². The lowest BCUT2D eigenvalue weighted by atomic mass is 10.0. The van der Waals surface area contributed by atoms with Crippen LogP contribution in [0.3, 0.4) is 0 Å². The van der Waals surface area contributed by atoms with Crippen LogP contribution in [0.25, 0.3) is 0 Å². The van der Waals surface area contributed by atoms with Crippen molar-refractivity contribution in [2.24, 2.45) is 0 Å². The van der Waals surface area contributed by atoms with Crippen molar-refractivity contribution in [2.45, 2.75) is 24.4 Å². The van der Waals surface area contributed by atoms with Crippen molar-refractivity contribution < 1.29 is 26.0 Å². The van der Waals surface area contributed by atoms with Crippen LogP contribution in [-0.2, 0) is 23.1 Å². The predicted octanol–water partition coefficient (Wildman–Crippen LogP) is 4.26. The highest BCUT2D eigenvalue weighted by Crippen LogP contribution is 2.26. The number of rotatable bonds is 8. The average molecular weight is 480 g/mol. The molecule has 1 aliphatic heterocycles. The highest BCUT2D eigenvalue weighted by atomic mass is 32.2. The fourth-order valence-corrected chi connectivity index (χ4v) is 4.62. The van der Waals surface area contributed by atoms with Gasteiger partial charge in [0.25, 0.3) is 10.0 Å². The first-order valence-corrected chi connectivity index (χ1v) is 11.6. The molecule has 3 aromatic rings. The Hall–Kier alpha value is -3.18. The van der Waals surface area contributed by atoms with Crippen LogP contribution in [0.4, 0.5) is 29.1 Å². The van der Waals surface area contributed by atoms with Gasteiger partial charge in [0.05, 0.1) is 0 Å². The number of aromatic nitrogens is 1. The van der Waals surface area contributed by atoms with Gasteiger partial charge in [0, 0.05) is 24.3 Å². The molecule has 0 spiro atoms. The lowest BCUT2D eigenvalue weighted by Crippen LogP contribution is -2.36. The average Bonchev–Trinajstić information content (AvgIpc) is 2.69. The number of benzene rings is 2. The molecular weight excluding hydrogens is 460 g/mol. The maximum atomic E-state index is 14.6. The minimum atomic E-state index is -4.72. The summed E-state index contributed by atoms with van der Waals surface area (Å²) in [5, 5.41) is 2.75. The molecule has 6 nitrogen and oxygen atoms in total. The van der Waals surface area contributed by atoms with E-state index in [1.165, 1.54) is 12.1 Å². The molecule has 0 radical (unpaired) electrons. The second-order valence-corrected chi connectivity index (χ2v) is 9.20. The Bertz CT molecular complexity index is 1260. The van der Waals surface area contributed by atoms with Crippen molar-refractivity contribution in [1.29, 1.82) is 0 Å². The standard InChI is InChI=1S/C22H20F4N4O2S/c23-17-5-1-4-14(13-30-8-3-9-30)16(17)12-27-15-10-18(24)22(19(25)11-15)33(31,32)29-21-7-2-6-20(26)28-21/h1-2,4-7,10-11,27H,3,8-9,12-13H2,(H,28,29). The topological polar surface area (TPSA) is 74.3 Å². The quantitative estimate of drug-likeness (QED) is 0.372. The third-order valence-corrected chi connectivity index (χ3v) is 6.65. The minimum absolute atomic E-state index is 0.0493. The number of halogens is 4. The van der Waals surface area contributed by atoms with Crippen molar-refractivity contribution >= 4 is 21.5 Å². The van der Waals surface area contributed by atoms with Gasteiger partial charge in [-0.1, -0.05) is 18.2 Å². The van der Waals surface area contributed by atoms with Gasteiger partial charge in [0.2, 0.25) is 5.95 Å². The Morgan fingerprint density at radius 3 is 2.27 bits per heavy atom. The first kappa shape index (κ1) is 23.0. The Labute approximate surface area is 188 Å². The molecule has 4 rings (SSSR count).